The zero-order valence-electron chi connectivity index (χ0n) is 16.1. The monoisotopic (exact) mass is 448 g/mol. The number of sulfone groups is 1. The Morgan fingerprint density at radius 2 is 1.73 bits per heavy atom. The van der Waals surface area contributed by atoms with Gasteiger partial charge in [0.15, 0.2) is 0 Å². The summed E-state index contributed by atoms with van der Waals surface area (Å²) in [4.78, 5) is 24.9. The molecule has 0 fully saturated rings. The number of aromatic nitrogens is 1. The molecular formula is C21H18ClFN2O4S. The summed E-state index contributed by atoms with van der Waals surface area (Å²) >= 11 is 5.82. The SMILES string of the molecule is Cc1cc(C)n(CC(=O)Nc2ccccc2F)c(=O)c1S(=O)(=O)c1ccc(Cl)cc1. The van der Waals surface area contributed by atoms with Crippen LogP contribution in [0.1, 0.15) is 11.3 Å². The minimum absolute atomic E-state index is 0.0330. The maximum Gasteiger partial charge on any atom is 0.270 e. The number of hydrogen-bond donors (Lipinski definition) is 1. The summed E-state index contributed by atoms with van der Waals surface area (Å²) in [5.41, 5.74) is -0.199. The van der Waals surface area contributed by atoms with E-state index in [0.29, 0.717) is 10.7 Å². The van der Waals surface area contributed by atoms with Gasteiger partial charge >= 0.3 is 0 Å². The molecule has 0 atom stereocenters. The molecule has 6 nitrogen and oxygen atoms in total. The number of pyridine rings is 1. The van der Waals surface area contributed by atoms with E-state index in [9.17, 15) is 22.4 Å². The van der Waals surface area contributed by atoms with E-state index in [4.69, 9.17) is 11.6 Å². The van der Waals surface area contributed by atoms with Gasteiger partial charge in [-0.25, -0.2) is 12.8 Å². The molecule has 3 aromatic rings. The molecule has 1 heterocycles. The smallest absolute Gasteiger partial charge is 0.270 e. The number of aryl methyl sites for hydroxylation is 2. The van der Waals surface area contributed by atoms with Crippen molar-refractivity contribution in [2.24, 2.45) is 0 Å². The van der Waals surface area contributed by atoms with E-state index in [-0.39, 0.29) is 16.1 Å². The fraction of sp³-hybridized carbons (Fsp3) is 0.143. The van der Waals surface area contributed by atoms with Gasteiger partial charge < -0.3 is 9.88 Å². The van der Waals surface area contributed by atoms with Gasteiger partial charge in [0.1, 0.15) is 17.3 Å². The number of halogens is 2. The van der Waals surface area contributed by atoms with Crippen LogP contribution in [0, 0.1) is 19.7 Å². The van der Waals surface area contributed by atoms with Crippen molar-refractivity contribution in [2.45, 2.75) is 30.2 Å². The van der Waals surface area contributed by atoms with Crippen molar-refractivity contribution >= 4 is 33.0 Å². The van der Waals surface area contributed by atoms with Crippen molar-refractivity contribution in [1.29, 1.82) is 0 Å². The molecular weight excluding hydrogens is 431 g/mol. The van der Waals surface area contributed by atoms with E-state index in [2.05, 4.69) is 5.32 Å². The molecule has 0 aliphatic rings. The normalized spacial score (nSPS) is 11.3. The van der Waals surface area contributed by atoms with Crippen LogP contribution in [-0.4, -0.2) is 18.9 Å². The third-order valence-electron chi connectivity index (χ3n) is 4.49. The van der Waals surface area contributed by atoms with Crippen LogP contribution in [0.3, 0.4) is 0 Å². The lowest BCUT2D eigenvalue weighted by Gasteiger charge is -2.15. The van der Waals surface area contributed by atoms with Crippen molar-refractivity contribution in [3.8, 4) is 0 Å². The van der Waals surface area contributed by atoms with E-state index in [0.717, 1.165) is 4.57 Å². The van der Waals surface area contributed by atoms with E-state index in [1.165, 1.54) is 55.5 Å². The quantitative estimate of drug-likeness (QED) is 0.644. The van der Waals surface area contributed by atoms with Crippen LogP contribution >= 0.6 is 11.6 Å². The highest BCUT2D eigenvalue weighted by Gasteiger charge is 2.26. The highest BCUT2D eigenvalue weighted by atomic mass is 35.5. The zero-order chi connectivity index (χ0) is 22.1. The van der Waals surface area contributed by atoms with Crippen LogP contribution in [0.2, 0.25) is 5.02 Å². The van der Waals surface area contributed by atoms with Crippen LogP contribution < -0.4 is 10.9 Å². The standard InChI is InChI=1S/C21H18ClFN2O4S/c1-13-11-14(2)25(12-19(26)24-18-6-4-3-5-17(18)23)21(27)20(13)30(28,29)16-9-7-15(22)8-10-16/h3-11H,12H2,1-2H3,(H,24,26). The molecule has 2 aromatic carbocycles. The number of amides is 1. The van der Waals surface area contributed by atoms with Gasteiger partial charge in [0.2, 0.25) is 15.7 Å². The molecule has 1 amide bonds. The molecule has 1 aromatic heterocycles. The number of nitrogens with one attached hydrogen (secondary N) is 1. The number of hydrogen-bond acceptors (Lipinski definition) is 4. The zero-order valence-corrected chi connectivity index (χ0v) is 17.7. The molecule has 0 aliphatic carbocycles. The van der Waals surface area contributed by atoms with Crippen molar-refractivity contribution in [3.63, 3.8) is 0 Å². The third-order valence-corrected chi connectivity index (χ3v) is 6.67. The molecule has 3 rings (SSSR count). The Morgan fingerprint density at radius 3 is 2.37 bits per heavy atom. The molecule has 0 radical (unpaired) electrons. The Labute approximate surface area is 177 Å². The molecule has 156 valence electrons. The van der Waals surface area contributed by atoms with E-state index in [1.54, 1.807) is 13.0 Å². The summed E-state index contributed by atoms with van der Waals surface area (Å²) in [5, 5.41) is 2.74. The summed E-state index contributed by atoms with van der Waals surface area (Å²) in [6, 6.07) is 12.6. The predicted molar refractivity (Wildman–Crippen MR) is 112 cm³/mol. The fourth-order valence-electron chi connectivity index (χ4n) is 3.06. The average molecular weight is 449 g/mol. The molecule has 0 saturated carbocycles. The molecule has 0 aliphatic heterocycles. The van der Waals surface area contributed by atoms with Gasteiger partial charge in [-0.05, 0) is 61.9 Å². The first-order valence-electron chi connectivity index (χ1n) is 8.87. The Hall–Kier alpha value is -2.97. The number of benzene rings is 2. The summed E-state index contributed by atoms with van der Waals surface area (Å²) in [6.07, 6.45) is 0. The Morgan fingerprint density at radius 1 is 1.10 bits per heavy atom. The molecule has 30 heavy (non-hydrogen) atoms. The first-order valence-corrected chi connectivity index (χ1v) is 10.7. The Balaban J connectivity index is 2.01. The average Bonchev–Trinajstić information content (AvgIpc) is 2.67. The highest BCUT2D eigenvalue weighted by molar-refractivity contribution is 7.91. The first-order chi connectivity index (χ1) is 14.1. The molecule has 1 N–H and O–H groups in total. The van der Waals surface area contributed by atoms with Gasteiger partial charge in [-0.1, -0.05) is 23.7 Å². The minimum atomic E-state index is -4.14. The van der Waals surface area contributed by atoms with Crippen LogP contribution in [0.5, 0.6) is 0 Å². The van der Waals surface area contributed by atoms with Gasteiger partial charge in [0.25, 0.3) is 5.56 Å². The van der Waals surface area contributed by atoms with Gasteiger partial charge in [-0.15, -0.1) is 0 Å². The van der Waals surface area contributed by atoms with Crippen LogP contribution in [0.25, 0.3) is 0 Å². The topological polar surface area (TPSA) is 85.2 Å². The second kappa shape index (κ2) is 8.41. The van der Waals surface area contributed by atoms with Crippen LogP contribution in [-0.2, 0) is 21.2 Å². The van der Waals surface area contributed by atoms with Crippen molar-refractivity contribution in [3.05, 3.63) is 87.0 Å². The lowest BCUT2D eigenvalue weighted by molar-refractivity contribution is -0.116. The summed E-state index contributed by atoms with van der Waals surface area (Å²) in [5.74, 6) is -1.28. The second-order valence-electron chi connectivity index (χ2n) is 6.67. The van der Waals surface area contributed by atoms with Gasteiger partial charge in [0.05, 0.1) is 10.6 Å². The lowest BCUT2D eigenvalue weighted by atomic mass is 10.2. The molecule has 9 heteroatoms. The minimum Gasteiger partial charge on any atom is -0.322 e. The molecule has 0 saturated heterocycles. The van der Waals surface area contributed by atoms with Crippen LogP contribution in [0.4, 0.5) is 10.1 Å². The van der Waals surface area contributed by atoms with Crippen molar-refractivity contribution in [1.82, 2.24) is 4.57 Å². The molecule has 0 bridgehead atoms. The van der Waals surface area contributed by atoms with E-state index in [1.807, 2.05) is 0 Å². The van der Waals surface area contributed by atoms with Gasteiger partial charge in [-0.3, -0.25) is 9.59 Å². The maximum atomic E-state index is 13.8. The van der Waals surface area contributed by atoms with E-state index >= 15 is 0 Å². The largest absolute Gasteiger partial charge is 0.322 e. The highest BCUT2D eigenvalue weighted by Crippen LogP contribution is 2.23. The van der Waals surface area contributed by atoms with Crippen molar-refractivity contribution in [2.75, 3.05) is 5.32 Å². The molecule has 0 unspecified atom stereocenters. The Kier molecular flexibility index (Phi) is 6.09. The predicted octanol–water partition coefficient (Wildman–Crippen LogP) is 3.73. The second-order valence-corrected chi connectivity index (χ2v) is 9.00. The first kappa shape index (κ1) is 21.7. The number of carbonyl (C=O) groups is 1. The maximum absolute atomic E-state index is 13.8. The van der Waals surface area contributed by atoms with Crippen molar-refractivity contribution < 1.29 is 17.6 Å². The number of anilines is 1. The lowest BCUT2D eigenvalue weighted by Crippen LogP contribution is -2.33. The van der Waals surface area contributed by atoms with E-state index < -0.39 is 38.6 Å². The number of rotatable bonds is 5. The summed E-state index contributed by atoms with van der Waals surface area (Å²) < 4.78 is 40.9. The third kappa shape index (κ3) is 4.29. The summed E-state index contributed by atoms with van der Waals surface area (Å²) in [6.45, 7) is 2.63. The number of para-hydroxylation sites is 1. The fourth-order valence-corrected chi connectivity index (χ4v) is 4.74. The summed E-state index contributed by atoms with van der Waals surface area (Å²) in [7, 11) is -4.14. The molecule has 0 spiro atoms. The van der Waals surface area contributed by atoms with Gasteiger partial charge in [0, 0.05) is 10.7 Å². The Bertz CT molecular complexity index is 1290. The number of nitrogens with zero attached hydrogens (tertiary/aromatic N) is 1. The van der Waals surface area contributed by atoms with Crippen LogP contribution in [0.15, 0.2) is 69.2 Å². The number of carbonyl (C=O) groups excluding carboxylic acids is 1. The van der Waals surface area contributed by atoms with Gasteiger partial charge in [-0.2, -0.15) is 0 Å².